The van der Waals surface area contributed by atoms with Gasteiger partial charge in [-0.3, -0.25) is 9.59 Å². The number of sulfonamides is 1. The van der Waals surface area contributed by atoms with Crippen LogP contribution in [0.15, 0.2) is 29.2 Å². The van der Waals surface area contributed by atoms with Crippen LogP contribution >= 0.6 is 0 Å². The molecule has 0 aliphatic carbocycles. The van der Waals surface area contributed by atoms with Gasteiger partial charge in [0, 0.05) is 31.7 Å². The summed E-state index contributed by atoms with van der Waals surface area (Å²) in [6, 6.07) is 5.96. The fourth-order valence-electron chi connectivity index (χ4n) is 3.05. The van der Waals surface area contributed by atoms with E-state index >= 15 is 0 Å². The number of carboxylic acid groups (broad SMARTS) is 1. The molecule has 2 rings (SSSR count). The predicted octanol–water partition coefficient (Wildman–Crippen LogP) is 1.65. The molecule has 8 heteroatoms. The smallest absolute Gasteiger partial charge is 0.308 e. The molecule has 1 aliphatic heterocycles. The molecule has 1 aromatic rings. The summed E-state index contributed by atoms with van der Waals surface area (Å²) in [7, 11) is -3.64. The molecule has 1 aliphatic rings. The largest absolute Gasteiger partial charge is 0.481 e. The van der Waals surface area contributed by atoms with Gasteiger partial charge >= 0.3 is 5.97 Å². The molecule has 1 atom stereocenters. The van der Waals surface area contributed by atoms with Crippen molar-refractivity contribution in [3.05, 3.63) is 29.8 Å². The van der Waals surface area contributed by atoms with Crippen molar-refractivity contribution in [3.63, 3.8) is 0 Å². The number of carbonyl (C=O) groups excluding carboxylic acids is 1. The maximum absolute atomic E-state index is 12.7. The molecule has 0 unspecified atom stereocenters. The van der Waals surface area contributed by atoms with Gasteiger partial charge in [-0.2, -0.15) is 4.31 Å². The molecule has 0 bridgehead atoms. The van der Waals surface area contributed by atoms with Gasteiger partial charge in [0.05, 0.1) is 10.8 Å². The summed E-state index contributed by atoms with van der Waals surface area (Å²) in [5.41, 5.74) is 0.263. The molecule has 1 fully saturated rings. The normalized spacial score (nSPS) is 18.4. The minimum atomic E-state index is -3.64. The Morgan fingerprint density at radius 1 is 1.28 bits per heavy atom. The van der Waals surface area contributed by atoms with Crippen molar-refractivity contribution in [1.82, 2.24) is 9.21 Å². The Hall–Kier alpha value is -1.93. The molecule has 1 aromatic carbocycles. The Morgan fingerprint density at radius 3 is 2.56 bits per heavy atom. The summed E-state index contributed by atoms with van der Waals surface area (Å²) in [5.74, 6) is -1.81. The molecule has 7 nitrogen and oxygen atoms in total. The number of aliphatic carboxylic acids is 1. The molecule has 0 saturated carbocycles. The van der Waals surface area contributed by atoms with Crippen LogP contribution in [0.2, 0.25) is 0 Å². The van der Waals surface area contributed by atoms with Gasteiger partial charge in [-0.25, -0.2) is 8.42 Å². The number of hydrogen-bond donors (Lipinski definition) is 1. The van der Waals surface area contributed by atoms with Crippen LogP contribution in [0.4, 0.5) is 0 Å². The summed E-state index contributed by atoms with van der Waals surface area (Å²) in [5, 5.41) is 9.15. The third-order valence-corrected chi connectivity index (χ3v) is 6.53. The predicted molar refractivity (Wildman–Crippen MR) is 92.8 cm³/mol. The molecule has 0 spiro atoms. The lowest BCUT2D eigenvalue weighted by Crippen LogP contribution is -2.42. The molecule has 0 radical (unpaired) electrons. The Morgan fingerprint density at radius 2 is 1.96 bits per heavy atom. The molecule has 1 saturated heterocycles. The molecule has 138 valence electrons. The number of amides is 1. The second-order valence-electron chi connectivity index (χ2n) is 6.05. The number of carboxylic acids is 1. The number of rotatable bonds is 6. The van der Waals surface area contributed by atoms with E-state index in [0.29, 0.717) is 32.5 Å². The van der Waals surface area contributed by atoms with Gasteiger partial charge in [0.25, 0.3) is 5.91 Å². The van der Waals surface area contributed by atoms with Crippen molar-refractivity contribution < 1.29 is 23.1 Å². The Kier molecular flexibility index (Phi) is 6.18. The van der Waals surface area contributed by atoms with E-state index < -0.39 is 21.9 Å². The van der Waals surface area contributed by atoms with Crippen LogP contribution in [0.1, 0.15) is 37.0 Å². The van der Waals surface area contributed by atoms with Crippen LogP contribution in [0.25, 0.3) is 0 Å². The van der Waals surface area contributed by atoms with Gasteiger partial charge in [0.1, 0.15) is 0 Å². The SMILES string of the molecule is CCN(CC)S(=O)(=O)c1cccc(C(=O)N2CCC[C@H](C(=O)O)C2)c1. The molecule has 1 heterocycles. The Labute approximate surface area is 148 Å². The van der Waals surface area contributed by atoms with Gasteiger partial charge < -0.3 is 10.0 Å². The lowest BCUT2D eigenvalue weighted by Gasteiger charge is -2.30. The minimum Gasteiger partial charge on any atom is -0.481 e. The number of hydrogen-bond acceptors (Lipinski definition) is 4. The number of carbonyl (C=O) groups is 2. The molecule has 1 amide bonds. The lowest BCUT2D eigenvalue weighted by atomic mass is 9.97. The summed E-state index contributed by atoms with van der Waals surface area (Å²) in [6.45, 7) is 4.86. The van der Waals surface area contributed by atoms with E-state index in [1.807, 2.05) is 0 Å². The lowest BCUT2D eigenvalue weighted by molar-refractivity contribution is -0.143. The zero-order chi connectivity index (χ0) is 18.6. The van der Waals surface area contributed by atoms with Crippen molar-refractivity contribution in [1.29, 1.82) is 0 Å². The monoisotopic (exact) mass is 368 g/mol. The van der Waals surface area contributed by atoms with Gasteiger partial charge in [-0.1, -0.05) is 19.9 Å². The van der Waals surface area contributed by atoms with Crippen molar-refractivity contribution in [2.24, 2.45) is 5.92 Å². The number of benzene rings is 1. The van der Waals surface area contributed by atoms with E-state index in [9.17, 15) is 18.0 Å². The average Bonchev–Trinajstić information content (AvgIpc) is 2.62. The van der Waals surface area contributed by atoms with E-state index in [0.717, 1.165) is 0 Å². The molecule has 25 heavy (non-hydrogen) atoms. The first-order chi connectivity index (χ1) is 11.8. The molecular weight excluding hydrogens is 344 g/mol. The van der Waals surface area contributed by atoms with Crippen LogP contribution in [0.5, 0.6) is 0 Å². The number of likely N-dealkylation sites (tertiary alicyclic amines) is 1. The second-order valence-corrected chi connectivity index (χ2v) is 7.98. The van der Waals surface area contributed by atoms with Gasteiger partial charge in [-0.15, -0.1) is 0 Å². The first kappa shape index (κ1) is 19.4. The van der Waals surface area contributed by atoms with Crippen molar-refractivity contribution in [2.75, 3.05) is 26.2 Å². The van der Waals surface area contributed by atoms with Crippen LogP contribution in [0.3, 0.4) is 0 Å². The highest BCUT2D eigenvalue weighted by Crippen LogP contribution is 2.21. The van der Waals surface area contributed by atoms with Gasteiger partial charge in [0.2, 0.25) is 10.0 Å². The first-order valence-corrected chi connectivity index (χ1v) is 9.87. The van der Waals surface area contributed by atoms with Crippen LogP contribution in [0, 0.1) is 5.92 Å². The zero-order valence-corrected chi connectivity index (χ0v) is 15.3. The first-order valence-electron chi connectivity index (χ1n) is 8.43. The van der Waals surface area contributed by atoms with E-state index in [1.54, 1.807) is 26.0 Å². The highest BCUT2D eigenvalue weighted by Gasteiger charge is 2.29. The third-order valence-electron chi connectivity index (χ3n) is 4.48. The molecule has 1 N–H and O–H groups in total. The molecular formula is C17H24N2O5S. The van der Waals surface area contributed by atoms with Crippen LogP contribution < -0.4 is 0 Å². The highest BCUT2D eigenvalue weighted by molar-refractivity contribution is 7.89. The van der Waals surface area contributed by atoms with Crippen LogP contribution in [-0.2, 0) is 14.8 Å². The second kappa shape index (κ2) is 7.97. The summed E-state index contributed by atoms with van der Waals surface area (Å²) >= 11 is 0. The topological polar surface area (TPSA) is 95.0 Å². The highest BCUT2D eigenvalue weighted by atomic mass is 32.2. The maximum Gasteiger partial charge on any atom is 0.308 e. The fraction of sp³-hybridized carbons (Fsp3) is 0.529. The fourth-order valence-corrected chi connectivity index (χ4v) is 4.55. The van der Waals surface area contributed by atoms with E-state index in [1.165, 1.54) is 21.3 Å². The van der Waals surface area contributed by atoms with Crippen molar-refractivity contribution in [2.45, 2.75) is 31.6 Å². The van der Waals surface area contributed by atoms with Crippen molar-refractivity contribution >= 4 is 21.9 Å². The zero-order valence-electron chi connectivity index (χ0n) is 14.5. The quantitative estimate of drug-likeness (QED) is 0.824. The Bertz CT molecular complexity index is 743. The number of nitrogens with zero attached hydrogens (tertiary/aromatic N) is 2. The van der Waals surface area contributed by atoms with Gasteiger partial charge in [-0.05, 0) is 31.0 Å². The standard InChI is InChI=1S/C17H24N2O5S/c1-3-19(4-2)25(23,24)15-9-5-7-13(11-15)16(20)18-10-6-8-14(12-18)17(21)22/h5,7,9,11,14H,3-4,6,8,10,12H2,1-2H3,(H,21,22)/t14-/m0/s1. The minimum absolute atomic E-state index is 0.0776. The van der Waals surface area contributed by atoms with E-state index in [4.69, 9.17) is 5.11 Å². The van der Waals surface area contributed by atoms with E-state index in [2.05, 4.69) is 0 Å². The number of piperidine rings is 1. The summed E-state index contributed by atoms with van der Waals surface area (Å²) in [4.78, 5) is 25.4. The van der Waals surface area contributed by atoms with Crippen molar-refractivity contribution in [3.8, 4) is 0 Å². The van der Waals surface area contributed by atoms with E-state index in [-0.39, 0.29) is 22.9 Å². The summed E-state index contributed by atoms with van der Waals surface area (Å²) in [6.07, 6.45) is 1.18. The maximum atomic E-state index is 12.7. The third kappa shape index (κ3) is 4.19. The average molecular weight is 368 g/mol. The Balaban J connectivity index is 2.26. The summed E-state index contributed by atoms with van der Waals surface area (Å²) < 4.78 is 26.6. The van der Waals surface area contributed by atoms with Crippen LogP contribution in [-0.4, -0.2) is 60.8 Å². The molecule has 0 aromatic heterocycles. The van der Waals surface area contributed by atoms with Gasteiger partial charge in [0.15, 0.2) is 0 Å².